The van der Waals surface area contributed by atoms with E-state index in [4.69, 9.17) is 27.9 Å². The smallest absolute Gasteiger partial charge is 0.253 e. The Hall–Kier alpha value is -3.75. The van der Waals surface area contributed by atoms with E-state index < -0.39 is 5.54 Å². The molecule has 202 valence electrons. The first kappa shape index (κ1) is 26.8. The van der Waals surface area contributed by atoms with Gasteiger partial charge in [-0.3, -0.25) is 14.4 Å². The fourth-order valence-corrected chi connectivity index (χ4v) is 5.84. The van der Waals surface area contributed by atoms with Gasteiger partial charge in [-0.1, -0.05) is 41.4 Å². The van der Waals surface area contributed by atoms with Crippen molar-refractivity contribution in [1.82, 2.24) is 9.80 Å². The van der Waals surface area contributed by atoms with Crippen LogP contribution in [0.3, 0.4) is 0 Å². The minimum atomic E-state index is -0.857. The standard InChI is InChI=1S/C29H28Cl2N4O4/c1-39-25-9-7-23(8-10-25)32-26(36)18-34-19-35(24-5-3-2-4-6-24)29(28(34)38)11-13-33(14-12-29)27(37)20-15-21(30)17-22(31)16-20/h2-10,15-17H,11-14,18-19H2,1H3,(H,32,36). The van der Waals surface area contributed by atoms with Crippen molar-refractivity contribution >= 4 is 52.3 Å². The Morgan fingerprint density at radius 1 is 0.949 bits per heavy atom. The first-order valence-electron chi connectivity index (χ1n) is 12.6. The van der Waals surface area contributed by atoms with Crippen LogP contribution in [0.4, 0.5) is 11.4 Å². The molecule has 1 spiro atoms. The highest BCUT2D eigenvalue weighted by molar-refractivity contribution is 6.35. The van der Waals surface area contributed by atoms with E-state index in [0.29, 0.717) is 53.0 Å². The van der Waals surface area contributed by atoms with Crippen molar-refractivity contribution in [3.63, 3.8) is 0 Å². The molecule has 10 heteroatoms. The second kappa shape index (κ2) is 11.2. The van der Waals surface area contributed by atoms with Crippen molar-refractivity contribution in [2.24, 2.45) is 0 Å². The molecule has 0 aliphatic carbocycles. The maximum absolute atomic E-state index is 13.9. The van der Waals surface area contributed by atoms with Crippen molar-refractivity contribution in [2.45, 2.75) is 18.4 Å². The molecule has 2 heterocycles. The summed E-state index contributed by atoms with van der Waals surface area (Å²) in [4.78, 5) is 45.4. The molecule has 0 saturated carbocycles. The Labute approximate surface area is 237 Å². The van der Waals surface area contributed by atoms with Crippen LogP contribution in [0.1, 0.15) is 23.2 Å². The molecular formula is C29H28Cl2N4O4. The Bertz CT molecular complexity index is 1360. The summed E-state index contributed by atoms with van der Waals surface area (Å²) in [5.74, 6) is 0.103. The molecule has 0 unspecified atom stereocenters. The number of anilines is 2. The number of piperidine rings is 1. The van der Waals surface area contributed by atoms with Crippen LogP contribution in [-0.2, 0) is 9.59 Å². The monoisotopic (exact) mass is 566 g/mol. The zero-order valence-electron chi connectivity index (χ0n) is 21.4. The minimum absolute atomic E-state index is 0.0837. The molecule has 2 saturated heterocycles. The molecule has 0 radical (unpaired) electrons. The Kier molecular flexibility index (Phi) is 7.68. The van der Waals surface area contributed by atoms with Crippen molar-refractivity contribution in [3.8, 4) is 5.75 Å². The van der Waals surface area contributed by atoms with Gasteiger partial charge in [0.1, 0.15) is 17.8 Å². The average Bonchev–Trinajstić information content (AvgIpc) is 3.19. The van der Waals surface area contributed by atoms with Crippen LogP contribution >= 0.6 is 23.2 Å². The molecule has 2 fully saturated rings. The van der Waals surface area contributed by atoms with E-state index in [1.54, 1.807) is 59.4 Å². The summed E-state index contributed by atoms with van der Waals surface area (Å²) in [6.45, 7) is 0.949. The van der Waals surface area contributed by atoms with Crippen molar-refractivity contribution in [2.75, 3.05) is 43.6 Å². The summed E-state index contributed by atoms with van der Waals surface area (Å²) in [5.41, 5.74) is 1.07. The predicted molar refractivity (Wildman–Crippen MR) is 151 cm³/mol. The lowest BCUT2D eigenvalue weighted by molar-refractivity contribution is -0.136. The van der Waals surface area contributed by atoms with Gasteiger partial charge in [0.15, 0.2) is 0 Å². The number of para-hydroxylation sites is 1. The summed E-state index contributed by atoms with van der Waals surface area (Å²) in [6, 6.07) is 21.5. The number of amides is 3. The van der Waals surface area contributed by atoms with E-state index in [9.17, 15) is 14.4 Å². The third-order valence-corrected chi connectivity index (χ3v) is 7.71. The van der Waals surface area contributed by atoms with Gasteiger partial charge in [-0.05, 0) is 67.4 Å². The maximum Gasteiger partial charge on any atom is 0.253 e. The van der Waals surface area contributed by atoms with Gasteiger partial charge in [0.05, 0.1) is 13.8 Å². The predicted octanol–water partition coefficient (Wildman–Crippen LogP) is 4.92. The molecule has 5 rings (SSSR count). The third kappa shape index (κ3) is 5.53. The number of carbonyl (C=O) groups excluding carboxylic acids is 3. The van der Waals surface area contributed by atoms with Crippen LogP contribution in [0.5, 0.6) is 5.75 Å². The lowest BCUT2D eigenvalue weighted by Crippen LogP contribution is -2.57. The van der Waals surface area contributed by atoms with Crippen LogP contribution in [0, 0.1) is 0 Å². The van der Waals surface area contributed by atoms with Gasteiger partial charge >= 0.3 is 0 Å². The molecule has 2 aliphatic rings. The number of hydrogen-bond acceptors (Lipinski definition) is 5. The summed E-state index contributed by atoms with van der Waals surface area (Å²) < 4.78 is 5.16. The fourth-order valence-electron chi connectivity index (χ4n) is 5.31. The number of hydrogen-bond donors (Lipinski definition) is 1. The van der Waals surface area contributed by atoms with E-state index >= 15 is 0 Å². The van der Waals surface area contributed by atoms with Crippen molar-refractivity contribution in [3.05, 3.63) is 88.4 Å². The molecule has 2 aliphatic heterocycles. The van der Waals surface area contributed by atoms with E-state index in [1.165, 1.54) is 0 Å². The lowest BCUT2D eigenvalue weighted by atomic mass is 9.85. The summed E-state index contributed by atoms with van der Waals surface area (Å²) in [5, 5.41) is 3.64. The first-order valence-corrected chi connectivity index (χ1v) is 13.4. The van der Waals surface area contributed by atoms with E-state index in [1.807, 2.05) is 30.3 Å². The molecule has 0 bridgehead atoms. The lowest BCUT2D eigenvalue weighted by Gasteiger charge is -2.43. The summed E-state index contributed by atoms with van der Waals surface area (Å²) in [7, 11) is 1.58. The molecule has 0 atom stereocenters. The number of carbonyl (C=O) groups is 3. The van der Waals surface area contributed by atoms with Gasteiger partial charge in [-0.15, -0.1) is 0 Å². The third-order valence-electron chi connectivity index (χ3n) is 7.28. The van der Waals surface area contributed by atoms with Gasteiger partial charge in [0, 0.05) is 40.1 Å². The SMILES string of the molecule is COc1ccc(NC(=O)CN2CN(c3ccccc3)C3(CCN(C(=O)c4cc(Cl)cc(Cl)c4)CC3)C2=O)cc1. The van der Waals surface area contributed by atoms with Gasteiger partial charge < -0.3 is 24.8 Å². The summed E-state index contributed by atoms with van der Waals surface area (Å²) in [6.07, 6.45) is 0.856. The normalized spacial score (nSPS) is 16.5. The average molecular weight is 567 g/mol. The first-order chi connectivity index (χ1) is 18.8. The van der Waals surface area contributed by atoms with E-state index in [2.05, 4.69) is 10.2 Å². The number of rotatable bonds is 6. The number of methoxy groups -OCH3 is 1. The number of halogens is 2. The summed E-state index contributed by atoms with van der Waals surface area (Å²) >= 11 is 12.2. The minimum Gasteiger partial charge on any atom is -0.497 e. The van der Waals surface area contributed by atoms with Gasteiger partial charge in [-0.2, -0.15) is 0 Å². The molecule has 3 aromatic carbocycles. The van der Waals surface area contributed by atoms with Gasteiger partial charge in [0.25, 0.3) is 11.8 Å². The Morgan fingerprint density at radius 3 is 2.21 bits per heavy atom. The molecule has 3 amide bonds. The highest BCUT2D eigenvalue weighted by atomic mass is 35.5. The molecular weight excluding hydrogens is 539 g/mol. The Balaban J connectivity index is 1.33. The van der Waals surface area contributed by atoms with Crippen LogP contribution in [-0.4, -0.2) is 66.5 Å². The molecule has 1 N–H and O–H groups in total. The largest absolute Gasteiger partial charge is 0.497 e. The topological polar surface area (TPSA) is 82.2 Å². The van der Waals surface area contributed by atoms with Crippen molar-refractivity contribution < 1.29 is 19.1 Å². The number of likely N-dealkylation sites (tertiary alicyclic amines) is 1. The molecule has 39 heavy (non-hydrogen) atoms. The van der Waals surface area contributed by atoms with Gasteiger partial charge in [-0.25, -0.2) is 0 Å². The van der Waals surface area contributed by atoms with Crippen LogP contribution in [0.2, 0.25) is 10.0 Å². The number of ether oxygens (including phenoxy) is 1. The fraction of sp³-hybridized carbons (Fsp3) is 0.276. The quantitative estimate of drug-likeness (QED) is 0.458. The van der Waals surface area contributed by atoms with E-state index in [-0.39, 0.29) is 30.9 Å². The van der Waals surface area contributed by atoms with Crippen LogP contribution in [0.15, 0.2) is 72.8 Å². The zero-order valence-corrected chi connectivity index (χ0v) is 22.9. The maximum atomic E-state index is 13.9. The highest BCUT2D eigenvalue weighted by Crippen LogP contribution is 2.40. The number of nitrogens with one attached hydrogen (secondary N) is 1. The van der Waals surface area contributed by atoms with Crippen LogP contribution in [0.25, 0.3) is 0 Å². The zero-order chi connectivity index (χ0) is 27.6. The molecule has 3 aromatic rings. The second-order valence-corrected chi connectivity index (χ2v) is 10.5. The number of nitrogens with zero attached hydrogens (tertiary/aromatic N) is 3. The molecule has 0 aromatic heterocycles. The second-order valence-electron chi connectivity index (χ2n) is 9.67. The number of benzene rings is 3. The van der Waals surface area contributed by atoms with Crippen molar-refractivity contribution in [1.29, 1.82) is 0 Å². The Morgan fingerprint density at radius 2 is 1.59 bits per heavy atom. The van der Waals surface area contributed by atoms with E-state index in [0.717, 1.165) is 5.69 Å². The van der Waals surface area contributed by atoms with Gasteiger partial charge in [0.2, 0.25) is 5.91 Å². The molecule has 8 nitrogen and oxygen atoms in total. The van der Waals surface area contributed by atoms with Crippen LogP contribution < -0.4 is 15.0 Å². The highest BCUT2D eigenvalue weighted by Gasteiger charge is 2.54.